The van der Waals surface area contributed by atoms with Gasteiger partial charge in [0, 0.05) is 42.5 Å². The van der Waals surface area contributed by atoms with E-state index in [1.54, 1.807) is 0 Å². The summed E-state index contributed by atoms with van der Waals surface area (Å²) in [5.74, 6) is 3.10. The molecule has 2 heterocycles. The molecule has 4 nitrogen and oxygen atoms in total. The minimum absolute atomic E-state index is 0.0486. The highest BCUT2D eigenvalue weighted by atomic mass is 16.5. The monoisotopic (exact) mass is 317 g/mol. The molecule has 0 bridgehead atoms. The van der Waals surface area contributed by atoms with Crippen LogP contribution in [0.4, 0.5) is 5.82 Å². The van der Waals surface area contributed by atoms with Gasteiger partial charge >= 0.3 is 0 Å². The van der Waals surface area contributed by atoms with Crippen LogP contribution in [-0.4, -0.2) is 35.8 Å². The maximum atomic E-state index is 5.57. The molecule has 4 heteroatoms. The van der Waals surface area contributed by atoms with E-state index >= 15 is 0 Å². The van der Waals surface area contributed by atoms with Crippen LogP contribution in [0, 0.1) is 5.92 Å². The Balaban J connectivity index is 1.92. The molecule has 23 heavy (non-hydrogen) atoms. The zero-order valence-corrected chi connectivity index (χ0v) is 15.3. The number of hydrogen-bond acceptors (Lipinski definition) is 4. The Bertz CT molecular complexity index is 540. The summed E-state index contributed by atoms with van der Waals surface area (Å²) >= 11 is 0. The quantitative estimate of drug-likeness (QED) is 0.825. The fraction of sp³-hybridized carbons (Fsp3) is 0.789. The maximum absolute atomic E-state index is 5.57. The molecule has 0 radical (unpaired) electrons. The van der Waals surface area contributed by atoms with Gasteiger partial charge in [-0.25, -0.2) is 9.97 Å². The van der Waals surface area contributed by atoms with Crippen molar-refractivity contribution >= 4 is 5.82 Å². The van der Waals surface area contributed by atoms with Gasteiger partial charge in [0.25, 0.3) is 0 Å². The van der Waals surface area contributed by atoms with E-state index in [0.717, 1.165) is 37.1 Å². The molecule has 0 N–H and O–H groups in total. The summed E-state index contributed by atoms with van der Waals surface area (Å²) in [5, 5.41) is 0. The second-order valence-electron chi connectivity index (χ2n) is 8.49. The highest BCUT2D eigenvalue weighted by molar-refractivity contribution is 5.44. The molecule has 128 valence electrons. The van der Waals surface area contributed by atoms with E-state index in [9.17, 15) is 0 Å². The van der Waals surface area contributed by atoms with Crippen molar-refractivity contribution in [1.29, 1.82) is 0 Å². The van der Waals surface area contributed by atoms with Crippen LogP contribution in [0.25, 0.3) is 0 Å². The minimum Gasteiger partial charge on any atom is -0.381 e. The van der Waals surface area contributed by atoms with Crippen LogP contribution < -0.4 is 4.90 Å². The third-order valence-corrected chi connectivity index (χ3v) is 4.78. The molecule has 0 amide bonds. The molecular formula is C19H31N3O. The third kappa shape index (κ3) is 4.03. The lowest BCUT2D eigenvalue weighted by molar-refractivity contribution is 0.186. The number of aromatic nitrogens is 2. The summed E-state index contributed by atoms with van der Waals surface area (Å²) in [5.41, 5.74) is 1.20. The zero-order chi connectivity index (χ0) is 16.6. The van der Waals surface area contributed by atoms with Gasteiger partial charge < -0.3 is 9.64 Å². The molecule has 1 aromatic heterocycles. The van der Waals surface area contributed by atoms with E-state index in [4.69, 9.17) is 14.7 Å². The van der Waals surface area contributed by atoms with Crippen molar-refractivity contribution in [2.45, 2.75) is 71.3 Å². The summed E-state index contributed by atoms with van der Waals surface area (Å²) in [4.78, 5) is 12.3. The predicted molar refractivity (Wildman–Crippen MR) is 94.1 cm³/mol. The van der Waals surface area contributed by atoms with Crippen molar-refractivity contribution < 1.29 is 4.74 Å². The fourth-order valence-electron chi connectivity index (χ4n) is 3.06. The Morgan fingerprint density at radius 1 is 1.22 bits per heavy atom. The standard InChI is InChI=1S/C19H31N3O/c1-13(2)18-20-16(19(3,4)5)10-17(21-18)22(15-6-7-15)11-14-8-9-23-12-14/h10,13-15H,6-9,11-12H2,1-5H3. The summed E-state index contributed by atoms with van der Waals surface area (Å²) < 4.78 is 5.57. The molecule has 1 saturated heterocycles. The van der Waals surface area contributed by atoms with Crippen molar-refractivity contribution in [3.8, 4) is 0 Å². The molecule has 1 aromatic rings. The van der Waals surface area contributed by atoms with Crippen LogP contribution in [-0.2, 0) is 10.2 Å². The second kappa shape index (κ2) is 6.39. The molecule has 0 spiro atoms. The summed E-state index contributed by atoms with van der Waals surface area (Å²) in [6, 6.07) is 2.89. The summed E-state index contributed by atoms with van der Waals surface area (Å²) in [7, 11) is 0. The van der Waals surface area contributed by atoms with Crippen molar-refractivity contribution in [3.05, 3.63) is 17.6 Å². The van der Waals surface area contributed by atoms with Crippen LogP contribution in [0.1, 0.15) is 71.3 Å². The van der Waals surface area contributed by atoms with Crippen LogP contribution in [0.5, 0.6) is 0 Å². The average molecular weight is 317 g/mol. The largest absolute Gasteiger partial charge is 0.381 e. The first-order valence-electron chi connectivity index (χ1n) is 9.08. The van der Waals surface area contributed by atoms with Crippen molar-refractivity contribution in [2.24, 2.45) is 5.92 Å². The van der Waals surface area contributed by atoms with Crippen LogP contribution in [0.2, 0.25) is 0 Å². The summed E-state index contributed by atoms with van der Waals surface area (Å²) in [6.45, 7) is 13.9. The lowest BCUT2D eigenvalue weighted by atomic mass is 9.91. The second-order valence-corrected chi connectivity index (χ2v) is 8.49. The molecule has 2 fully saturated rings. The topological polar surface area (TPSA) is 38.2 Å². The molecule has 1 aliphatic heterocycles. The fourth-order valence-corrected chi connectivity index (χ4v) is 3.06. The average Bonchev–Trinajstić information content (AvgIpc) is 3.19. The molecule has 1 saturated carbocycles. The molecule has 1 unspecified atom stereocenters. The van der Waals surface area contributed by atoms with E-state index in [1.807, 2.05) is 0 Å². The molecule has 1 aliphatic carbocycles. The first-order valence-corrected chi connectivity index (χ1v) is 9.08. The van der Waals surface area contributed by atoms with E-state index in [1.165, 1.54) is 19.3 Å². The number of nitrogens with zero attached hydrogens (tertiary/aromatic N) is 3. The third-order valence-electron chi connectivity index (χ3n) is 4.78. The Morgan fingerprint density at radius 3 is 2.48 bits per heavy atom. The Kier molecular flexibility index (Phi) is 4.63. The van der Waals surface area contributed by atoms with Gasteiger partial charge in [0.2, 0.25) is 0 Å². The highest BCUT2D eigenvalue weighted by Gasteiger charge is 2.33. The Labute approximate surface area is 140 Å². The number of ether oxygens (including phenoxy) is 1. The smallest absolute Gasteiger partial charge is 0.133 e. The molecule has 2 aliphatic rings. The molecule has 1 atom stereocenters. The van der Waals surface area contributed by atoms with E-state index in [0.29, 0.717) is 17.9 Å². The lowest BCUT2D eigenvalue weighted by Gasteiger charge is -2.29. The van der Waals surface area contributed by atoms with Gasteiger partial charge in [-0.1, -0.05) is 34.6 Å². The van der Waals surface area contributed by atoms with E-state index in [2.05, 4.69) is 45.6 Å². The van der Waals surface area contributed by atoms with Crippen LogP contribution in [0.15, 0.2) is 6.07 Å². The first kappa shape index (κ1) is 16.7. The van der Waals surface area contributed by atoms with Crippen molar-refractivity contribution in [2.75, 3.05) is 24.7 Å². The molecular weight excluding hydrogens is 286 g/mol. The highest BCUT2D eigenvalue weighted by Crippen LogP contribution is 2.34. The Hall–Kier alpha value is -1.16. The van der Waals surface area contributed by atoms with Gasteiger partial charge in [0.05, 0.1) is 12.3 Å². The van der Waals surface area contributed by atoms with Crippen molar-refractivity contribution in [3.63, 3.8) is 0 Å². The SMILES string of the molecule is CC(C)c1nc(N(CC2CCOC2)C2CC2)cc(C(C)(C)C)n1. The van der Waals surface area contributed by atoms with Gasteiger partial charge in [-0.15, -0.1) is 0 Å². The van der Waals surface area contributed by atoms with Gasteiger partial charge in [-0.2, -0.15) is 0 Å². The van der Waals surface area contributed by atoms with Gasteiger partial charge in [0.15, 0.2) is 0 Å². The van der Waals surface area contributed by atoms with Crippen LogP contribution >= 0.6 is 0 Å². The first-order chi connectivity index (χ1) is 10.8. The van der Waals surface area contributed by atoms with E-state index in [-0.39, 0.29) is 5.41 Å². The zero-order valence-electron chi connectivity index (χ0n) is 15.3. The van der Waals surface area contributed by atoms with Gasteiger partial charge in [-0.3, -0.25) is 0 Å². The molecule has 3 rings (SSSR count). The van der Waals surface area contributed by atoms with Crippen LogP contribution in [0.3, 0.4) is 0 Å². The number of rotatable bonds is 5. The van der Waals surface area contributed by atoms with Gasteiger partial charge in [-0.05, 0) is 19.3 Å². The molecule has 0 aromatic carbocycles. The summed E-state index contributed by atoms with van der Waals surface area (Å²) in [6.07, 6.45) is 3.76. The number of anilines is 1. The van der Waals surface area contributed by atoms with Crippen molar-refractivity contribution in [1.82, 2.24) is 9.97 Å². The number of hydrogen-bond donors (Lipinski definition) is 0. The predicted octanol–water partition coefficient (Wildman–Crippen LogP) is 3.90. The van der Waals surface area contributed by atoms with Gasteiger partial charge in [0.1, 0.15) is 11.6 Å². The lowest BCUT2D eigenvalue weighted by Crippen LogP contribution is -2.33. The Morgan fingerprint density at radius 2 is 1.96 bits per heavy atom. The normalized spacial score (nSPS) is 21.9. The minimum atomic E-state index is 0.0486. The van der Waals surface area contributed by atoms with E-state index < -0.39 is 0 Å². The maximum Gasteiger partial charge on any atom is 0.133 e.